The molecule has 0 aromatic carbocycles. The monoisotopic (exact) mass is 206 g/mol. The first kappa shape index (κ1) is 12.9. The van der Waals surface area contributed by atoms with Crippen molar-refractivity contribution in [1.29, 1.82) is 0 Å². The van der Waals surface area contributed by atoms with Gasteiger partial charge in [0, 0.05) is 0 Å². The van der Waals surface area contributed by atoms with Crippen molar-refractivity contribution in [2.75, 3.05) is 0 Å². The molecule has 0 spiro atoms. The van der Waals surface area contributed by atoms with Gasteiger partial charge in [-0.1, -0.05) is 0 Å². The van der Waals surface area contributed by atoms with Gasteiger partial charge in [-0.2, -0.15) is 0 Å². The summed E-state index contributed by atoms with van der Waals surface area (Å²) in [5.41, 5.74) is -0.744. The fourth-order valence-electron chi connectivity index (χ4n) is 0.690. The fourth-order valence-corrected chi connectivity index (χ4v) is 0.690. The molecule has 1 unspecified atom stereocenters. The van der Waals surface area contributed by atoms with Crippen LogP contribution in [-0.2, 0) is 19.2 Å². The molecule has 2 N–H and O–H groups in total. The largest absolute Gasteiger partial charge is 0.481 e. The maximum absolute atomic E-state index is 11.2. The van der Waals surface area contributed by atoms with E-state index in [1.54, 1.807) is 20.8 Å². The summed E-state index contributed by atoms with van der Waals surface area (Å²) in [7, 11) is 0. The van der Waals surface area contributed by atoms with E-state index in [0.29, 0.717) is 0 Å². The van der Waals surface area contributed by atoms with Crippen molar-refractivity contribution in [3.8, 4) is 0 Å². The minimum atomic E-state index is -1.48. The topological polar surface area (TPSA) is 93.1 Å². The highest BCUT2D eigenvalue weighted by Crippen LogP contribution is 2.11. The normalized spacial score (nSPS) is 13.4. The number of aliphatic carboxylic acids is 1. The molecule has 0 radical (unpaired) electrons. The fraction of sp³-hybridized carbons (Fsp3) is 0.750. The molecule has 0 aromatic heterocycles. The molecule has 0 heterocycles. The lowest BCUT2D eigenvalue weighted by Crippen LogP contribution is -2.34. The van der Waals surface area contributed by atoms with Crippen LogP contribution in [0.5, 0.6) is 0 Å². The average molecular weight is 206 g/mol. The molecule has 0 saturated heterocycles. The van der Waals surface area contributed by atoms with E-state index in [2.05, 4.69) is 4.89 Å². The van der Waals surface area contributed by atoms with E-state index >= 15 is 0 Å². The average Bonchev–Trinajstić information content (AvgIpc) is 1.96. The number of hydrogen-bond acceptors (Lipinski definition) is 5. The predicted octanol–water partition coefficient (Wildman–Crippen LogP) is 0.661. The lowest BCUT2D eigenvalue weighted by Gasteiger charge is -2.21. The first-order valence-corrected chi connectivity index (χ1v) is 4.01. The van der Waals surface area contributed by atoms with E-state index in [9.17, 15) is 9.59 Å². The number of rotatable bonds is 4. The van der Waals surface area contributed by atoms with Crippen LogP contribution in [-0.4, -0.2) is 34.0 Å². The first-order valence-electron chi connectivity index (χ1n) is 4.01. The summed E-state index contributed by atoms with van der Waals surface area (Å²) in [6.07, 6.45) is -2.11. The van der Waals surface area contributed by atoms with Crippen LogP contribution in [0.15, 0.2) is 0 Å². The third kappa shape index (κ3) is 5.50. The van der Waals surface area contributed by atoms with Gasteiger partial charge in [0.1, 0.15) is 5.60 Å². The van der Waals surface area contributed by atoms with Crippen molar-refractivity contribution in [1.82, 2.24) is 0 Å². The summed E-state index contributed by atoms with van der Waals surface area (Å²) in [5.74, 6) is -2.16. The summed E-state index contributed by atoms with van der Waals surface area (Å²) in [6.45, 7) is 4.88. The molecule has 0 amide bonds. The molecule has 6 nitrogen and oxygen atoms in total. The Morgan fingerprint density at radius 2 is 1.86 bits per heavy atom. The van der Waals surface area contributed by atoms with Crippen molar-refractivity contribution >= 4 is 11.9 Å². The molecule has 0 fully saturated rings. The van der Waals surface area contributed by atoms with Gasteiger partial charge in [0.15, 0.2) is 6.10 Å². The van der Waals surface area contributed by atoms with E-state index in [1.165, 1.54) is 0 Å². The molecular weight excluding hydrogens is 192 g/mol. The minimum absolute atomic E-state index is 0.634. The number of hydrogen-bond donors (Lipinski definition) is 2. The molecule has 0 saturated carbocycles. The van der Waals surface area contributed by atoms with Crippen molar-refractivity contribution in [2.45, 2.75) is 38.9 Å². The second kappa shape index (κ2) is 4.92. The van der Waals surface area contributed by atoms with Gasteiger partial charge in [0.2, 0.25) is 0 Å². The minimum Gasteiger partial charge on any atom is -0.481 e. The Hall–Kier alpha value is -1.14. The van der Waals surface area contributed by atoms with Gasteiger partial charge in [-0.05, 0) is 20.8 Å². The molecule has 0 aliphatic carbocycles. The lowest BCUT2D eigenvalue weighted by atomic mass is 10.2. The summed E-state index contributed by atoms with van der Waals surface area (Å²) in [4.78, 5) is 25.1. The smallest absolute Gasteiger partial charge is 0.339 e. The summed E-state index contributed by atoms with van der Waals surface area (Å²) in [5, 5.41) is 16.6. The van der Waals surface area contributed by atoms with Crippen molar-refractivity contribution in [3.63, 3.8) is 0 Å². The van der Waals surface area contributed by atoms with Crippen LogP contribution in [0, 0.1) is 0 Å². The van der Waals surface area contributed by atoms with Gasteiger partial charge in [-0.15, -0.1) is 0 Å². The van der Waals surface area contributed by atoms with Crippen molar-refractivity contribution in [3.05, 3.63) is 0 Å². The Balaban J connectivity index is 4.25. The number of ether oxygens (including phenoxy) is 1. The number of esters is 1. The number of carboxylic acid groups (broad SMARTS) is 1. The van der Waals surface area contributed by atoms with Gasteiger partial charge in [-0.3, -0.25) is 10.1 Å². The van der Waals surface area contributed by atoms with Gasteiger partial charge >= 0.3 is 11.9 Å². The molecule has 0 rings (SSSR count). The van der Waals surface area contributed by atoms with Gasteiger partial charge in [0.05, 0.1) is 6.42 Å². The van der Waals surface area contributed by atoms with E-state index < -0.39 is 30.1 Å². The predicted molar refractivity (Wildman–Crippen MR) is 45.6 cm³/mol. The zero-order valence-corrected chi connectivity index (χ0v) is 8.31. The standard InChI is InChI=1S/C8H14O6/c1-8(2,3)13-7(11)5(14-12)4-6(9)10/h5,12H,4H2,1-3H3,(H,9,10). The zero-order valence-electron chi connectivity index (χ0n) is 8.31. The quantitative estimate of drug-likeness (QED) is 0.398. The maximum Gasteiger partial charge on any atom is 0.339 e. The van der Waals surface area contributed by atoms with Crippen LogP contribution in [0.4, 0.5) is 0 Å². The van der Waals surface area contributed by atoms with Crippen LogP contribution in [0.2, 0.25) is 0 Å². The Morgan fingerprint density at radius 3 is 2.14 bits per heavy atom. The lowest BCUT2D eigenvalue weighted by molar-refractivity contribution is -0.281. The van der Waals surface area contributed by atoms with Crippen LogP contribution in [0.3, 0.4) is 0 Å². The molecule has 0 aliphatic rings. The third-order valence-corrected chi connectivity index (χ3v) is 1.16. The first-order chi connectivity index (χ1) is 6.26. The van der Waals surface area contributed by atoms with Crippen LogP contribution in [0.1, 0.15) is 27.2 Å². The Morgan fingerprint density at radius 1 is 1.36 bits per heavy atom. The molecule has 1 atom stereocenters. The molecule has 14 heavy (non-hydrogen) atoms. The molecule has 82 valence electrons. The summed E-state index contributed by atoms with van der Waals surface area (Å²) >= 11 is 0. The third-order valence-electron chi connectivity index (χ3n) is 1.16. The Bertz CT molecular complexity index is 216. The SMILES string of the molecule is CC(C)(C)OC(=O)C(CC(=O)O)OO. The zero-order chi connectivity index (χ0) is 11.4. The van der Waals surface area contributed by atoms with Crippen LogP contribution < -0.4 is 0 Å². The second-order valence-electron chi connectivity index (χ2n) is 3.73. The highest BCUT2D eigenvalue weighted by Gasteiger charge is 2.28. The molecule has 0 aromatic rings. The number of carbonyl (C=O) groups is 2. The van der Waals surface area contributed by atoms with Crippen LogP contribution in [0.25, 0.3) is 0 Å². The molecule has 6 heteroatoms. The van der Waals surface area contributed by atoms with Gasteiger partial charge in [-0.25, -0.2) is 9.68 Å². The number of carboxylic acids is 1. The highest BCUT2D eigenvalue weighted by atomic mass is 17.1. The molecule has 0 bridgehead atoms. The van der Waals surface area contributed by atoms with E-state index in [1.807, 2.05) is 0 Å². The van der Waals surface area contributed by atoms with E-state index in [0.717, 1.165) is 0 Å². The van der Waals surface area contributed by atoms with Gasteiger partial charge < -0.3 is 9.84 Å². The van der Waals surface area contributed by atoms with Crippen molar-refractivity contribution in [2.24, 2.45) is 0 Å². The van der Waals surface area contributed by atoms with Crippen molar-refractivity contribution < 1.29 is 29.6 Å². The number of carbonyl (C=O) groups excluding carboxylic acids is 1. The molecular formula is C8H14O6. The van der Waals surface area contributed by atoms with Crippen LogP contribution >= 0.6 is 0 Å². The van der Waals surface area contributed by atoms with E-state index in [4.69, 9.17) is 15.1 Å². The van der Waals surface area contributed by atoms with E-state index in [-0.39, 0.29) is 0 Å². The maximum atomic E-state index is 11.2. The molecule has 0 aliphatic heterocycles. The summed E-state index contributed by atoms with van der Waals surface area (Å²) in [6, 6.07) is 0. The second-order valence-corrected chi connectivity index (χ2v) is 3.73. The Labute approximate surface area is 81.4 Å². The summed E-state index contributed by atoms with van der Waals surface area (Å²) < 4.78 is 4.80. The Kier molecular flexibility index (Phi) is 4.52. The van der Waals surface area contributed by atoms with Gasteiger partial charge in [0.25, 0.3) is 0 Å². The highest BCUT2D eigenvalue weighted by molar-refractivity contribution is 5.81.